The van der Waals surface area contributed by atoms with Gasteiger partial charge >= 0.3 is 0 Å². The average molecular weight is 197 g/mol. The van der Waals surface area contributed by atoms with Gasteiger partial charge in [-0.1, -0.05) is 12.8 Å². The summed E-state index contributed by atoms with van der Waals surface area (Å²) in [6.07, 6.45) is 5.17. The van der Waals surface area contributed by atoms with E-state index in [1.165, 1.54) is 25.7 Å². The second-order valence-corrected chi connectivity index (χ2v) is 5.04. The van der Waals surface area contributed by atoms with E-state index in [1.807, 2.05) is 0 Å². The van der Waals surface area contributed by atoms with Crippen molar-refractivity contribution in [3.63, 3.8) is 0 Å². The van der Waals surface area contributed by atoms with Crippen LogP contribution >= 0.6 is 0 Å². The molecular formula is C11H23N3. The second-order valence-electron chi connectivity index (χ2n) is 5.04. The highest BCUT2D eigenvalue weighted by Crippen LogP contribution is 2.11. The zero-order chi connectivity index (χ0) is 10.6. The van der Waals surface area contributed by atoms with Crippen LogP contribution in [-0.4, -0.2) is 29.5 Å². The lowest BCUT2D eigenvalue weighted by Crippen LogP contribution is -2.39. The number of guanidine groups is 1. The molecule has 0 aromatic rings. The van der Waals surface area contributed by atoms with Crippen LogP contribution in [-0.2, 0) is 0 Å². The third kappa shape index (κ3) is 3.99. The highest BCUT2D eigenvalue weighted by Gasteiger charge is 2.14. The summed E-state index contributed by atoms with van der Waals surface area (Å²) in [4.78, 5) is 6.72. The molecule has 0 aliphatic carbocycles. The Morgan fingerprint density at radius 1 is 1.07 bits per heavy atom. The van der Waals surface area contributed by atoms with E-state index >= 15 is 0 Å². The molecule has 1 heterocycles. The van der Waals surface area contributed by atoms with Crippen molar-refractivity contribution in [1.82, 2.24) is 4.90 Å². The molecular weight excluding hydrogens is 174 g/mol. The number of likely N-dealkylation sites (tertiary alicyclic amines) is 1. The second kappa shape index (κ2) is 4.67. The minimum absolute atomic E-state index is 0.0591. The SMILES string of the molecule is CC(C)(C)N=C(N)N1CCCCCC1. The number of hydrogen-bond acceptors (Lipinski definition) is 1. The van der Waals surface area contributed by atoms with Gasteiger partial charge < -0.3 is 10.6 Å². The van der Waals surface area contributed by atoms with E-state index in [0.29, 0.717) is 0 Å². The molecule has 1 fully saturated rings. The summed E-state index contributed by atoms with van der Waals surface area (Å²) >= 11 is 0. The molecule has 3 nitrogen and oxygen atoms in total. The van der Waals surface area contributed by atoms with E-state index in [2.05, 4.69) is 30.7 Å². The van der Waals surface area contributed by atoms with Crippen LogP contribution in [0.2, 0.25) is 0 Å². The maximum atomic E-state index is 5.98. The van der Waals surface area contributed by atoms with E-state index in [-0.39, 0.29) is 5.54 Å². The van der Waals surface area contributed by atoms with Crippen molar-refractivity contribution in [2.45, 2.75) is 52.0 Å². The Bertz CT molecular complexity index is 195. The first-order chi connectivity index (χ1) is 6.49. The molecule has 1 rings (SSSR count). The summed E-state index contributed by atoms with van der Waals surface area (Å²) in [5, 5.41) is 0. The van der Waals surface area contributed by atoms with Crippen LogP contribution in [0.25, 0.3) is 0 Å². The Hall–Kier alpha value is -0.730. The van der Waals surface area contributed by atoms with Gasteiger partial charge in [-0.3, -0.25) is 0 Å². The Morgan fingerprint density at radius 3 is 2.00 bits per heavy atom. The van der Waals surface area contributed by atoms with Crippen molar-refractivity contribution < 1.29 is 0 Å². The molecule has 0 saturated carbocycles. The van der Waals surface area contributed by atoms with Crippen molar-refractivity contribution in [1.29, 1.82) is 0 Å². The zero-order valence-corrected chi connectivity index (χ0v) is 9.71. The molecule has 0 aromatic carbocycles. The monoisotopic (exact) mass is 197 g/mol. The van der Waals surface area contributed by atoms with Crippen LogP contribution < -0.4 is 5.73 Å². The van der Waals surface area contributed by atoms with Crippen LogP contribution in [0.5, 0.6) is 0 Å². The van der Waals surface area contributed by atoms with Crippen molar-refractivity contribution in [2.75, 3.05) is 13.1 Å². The van der Waals surface area contributed by atoms with Gasteiger partial charge in [0.05, 0.1) is 5.54 Å². The molecule has 0 bridgehead atoms. The summed E-state index contributed by atoms with van der Waals surface area (Å²) < 4.78 is 0. The van der Waals surface area contributed by atoms with Gasteiger partial charge in [-0.05, 0) is 33.6 Å². The highest BCUT2D eigenvalue weighted by molar-refractivity contribution is 5.78. The van der Waals surface area contributed by atoms with E-state index in [4.69, 9.17) is 5.73 Å². The summed E-state index contributed by atoms with van der Waals surface area (Å²) in [6, 6.07) is 0. The van der Waals surface area contributed by atoms with E-state index < -0.39 is 0 Å². The molecule has 2 N–H and O–H groups in total. The predicted molar refractivity (Wildman–Crippen MR) is 61.4 cm³/mol. The van der Waals surface area contributed by atoms with Gasteiger partial charge in [-0.15, -0.1) is 0 Å². The van der Waals surface area contributed by atoms with E-state index in [0.717, 1.165) is 19.0 Å². The molecule has 0 amide bonds. The minimum Gasteiger partial charge on any atom is -0.370 e. The van der Waals surface area contributed by atoms with Crippen molar-refractivity contribution in [2.24, 2.45) is 10.7 Å². The lowest BCUT2D eigenvalue weighted by atomic mass is 10.1. The summed E-state index contributed by atoms with van der Waals surface area (Å²) in [5.41, 5.74) is 5.92. The topological polar surface area (TPSA) is 41.6 Å². The summed E-state index contributed by atoms with van der Waals surface area (Å²) in [6.45, 7) is 8.39. The fourth-order valence-corrected chi connectivity index (χ4v) is 1.71. The number of nitrogens with two attached hydrogens (primary N) is 1. The average Bonchev–Trinajstić information content (AvgIpc) is 2.27. The Balaban J connectivity index is 2.57. The maximum Gasteiger partial charge on any atom is 0.191 e. The van der Waals surface area contributed by atoms with Crippen LogP contribution in [0.4, 0.5) is 0 Å². The molecule has 0 aromatic heterocycles. The van der Waals surface area contributed by atoms with Gasteiger partial charge in [-0.2, -0.15) is 0 Å². The normalized spacial score (nSPS) is 20.8. The highest BCUT2D eigenvalue weighted by atomic mass is 15.3. The molecule has 0 spiro atoms. The molecule has 0 radical (unpaired) electrons. The van der Waals surface area contributed by atoms with Crippen LogP contribution in [0.3, 0.4) is 0 Å². The summed E-state index contributed by atoms with van der Waals surface area (Å²) in [7, 11) is 0. The van der Waals surface area contributed by atoms with Crippen LogP contribution in [0, 0.1) is 0 Å². The molecule has 0 atom stereocenters. The zero-order valence-electron chi connectivity index (χ0n) is 9.71. The van der Waals surface area contributed by atoms with Crippen molar-refractivity contribution >= 4 is 5.96 Å². The Kier molecular flexibility index (Phi) is 3.78. The van der Waals surface area contributed by atoms with Gasteiger partial charge in [0.25, 0.3) is 0 Å². The van der Waals surface area contributed by atoms with Gasteiger partial charge in [0.15, 0.2) is 5.96 Å². The van der Waals surface area contributed by atoms with Gasteiger partial charge in [0, 0.05) is 13.1 Å². The minimum atomic E-state index is -0.0591. The molecule has 14 heavy (non-hydrogen) atoms. The number of aliphatic imine (C=N–C) groups is 1. The molecule has 1 aliphatic heterocycles. The third-order valence-corrected chi connectivity index (χ3v) is 2.38. The standard InChI is InChI=1S/C11H23N3/c1-11(2,3)13-10(12)14-8-6-4-5-7-9-14/h4-9H2,1-3H3,(H2,12,13). The van der Waals surface area contributed by atoms with Crippen LogP contribution in [0.1, 0.15) is 46.5 Å². The van der Waals surface area contributed by atoms with Gasteiger partial charge in [-0.25, -0.2) is 4.99 Å². The lowest BCUT2D eigenvalue weighted by molar-refractivity contribution is 0.420. The van der Waals surface area contributed by atoms with Crippen LogP contribution in [0.15, 0.2) is 4.99 Å². The Morgan fingerprint density at radius 2 is 1.57 bits per heavy atom. The maximum absolute atomic E-state index is 5.98. The molecule has 1 saturated heterocycles. The van der Waals surface area contributed by atoms with E-state index in [1.54, 1.807) is 0 Å². The molecule has 3 heteroatoms. The quantitative estimate of drug-likeness (QED) is 0.476. The first-order valence-corrected chi connectivity index (χ1v) is 5.59. The number of rotatable bonds is 0. The fraction of sp³-hybridized carbons (Fsp3) is 0.909. The van der Waals surface area contributed by atoms with Gasteiger partial charge in [0.1, 0.15) is 0 Å². The molecule has 82 valence electrons. The summed E-state index contributed by atoms with van der Waals surface area (Å²) in [5.74, 6) is 0.722. The number of hydrogen-bond donors (Lipinski definition) is 1. The van der Waals surface area contributed by atoms with Gasteiger partial charge in [0.2, 0.25) is 0 Å². The molecule has 1 aliphatic rings. The Labute approximate surface area is 87.4 Å². The predicted octanol–water partition coefficient (Wildman–Crippen LogP) is 1.98. The smallest absolute Gasteiger partial charge is 0.191 e. The first-order valence-electron chi connectivity index (χ1n) is 5.59. The third-order valence-electron chi connectivity index (χ3n) is 2.38. The number of nitrogens with zero attached hydrogens (tertiary/aromatic N) is 2. The van der Waals surface area contributed by atoms with Crippen molar-refractivity contribution in [3.8, 4) is 0 Å². The lowest BCUT2D eigenvalue weighted by Gasteiger charge is -2.24. The fourth-order valence-electron chi connectivity index (χ4n) is 1.71. The van der Waals surface area contributed by atoms with E-state index in [9.17, 15) is 0 Å². The van der Waals surface area contributed by atoms with Crippen molar-refractivity contribution in [3.05, 3.63) is 0 Å². The first kappa shape index (κ1) is 11.3. The molecule has 0 unspecified atom stereocenters. The largest absolute Gasteiger partial charge is 0.370 e.